The molecule has 110 valence electrons. The molecule has 1 heterocycles. The van der Waals surface area contributed by atoms with Crippen molar-refractivity contribution >= 4 is 5.97 Å². The summed E-state index contributed by atoms with van der Waals surface area (Å²) in [5.74, 6) is 2.96. The van der Waals surface area contributed by atoms with E-state index in [4.69, 9.17) is 4.74 Å². The van der Waals surface area contributed by atoms with Crippen LogP contribution in [0.2, 0.25) is 0 Å². The lowest BCUT2D eigenvalue weighted by atomic mass is 9.89. The monoisotopic (exact) mass is 266 g/mol. The number of cyclic esters (lactones) is 1. The van der Waals surface area contributed by atoms with Gasteiger partial charge in [-0.25, -0.2) is 0 Å². The first kappa shape index (κ1) is 14.9. The second-order valence-corrected chi connectivity index (χ2v) is 6.61. The summed E-state index contributed by atoms with van der Waals surface area (Å²) in [5.41, 5.74) is 0. The molecule has 0 spiro atoms. The molecule has 2 fully saturated rings. The van der Waals surface area contributed by atoms with E-state index >= 15 is 0 Å². The van der Waals surface area contributed by atoms with E-state index < -0.39 is 0 Å². The summed E-state index contributed by atoms with van der Waals surface area (Å²) < 4.78 is 5.27. The third-order valence-corrected chi connectivity index (χ3v) is 5.36. The Morgan fingerprint density at radius 2 is 1.79 bits per heavy atom. The average molecular weight is 266 g/mol. The molecule has 0 bridgehead atoms. The maximum Gasteiger partial charge on any atom is 0.306 e. The SMILES string of the molecule is CCC1CC(CC)C(CCCCC2CCC(=O)O2)C1. The molecule has 0 aromatic heterocycles. The second kappa shape index (κ2) is 7.31. The Balaban J connectivity index is 1.61. The van der Waals surface area contributed by atoms with Gasteiger partial charge in [-0.05, 0) is 49.9 Å². The number of ether oxygens (including phenoxy) is 1. The van der Waals surface area contributed by atoms with Gasteiger partial charge in [0, 0.05) is 6.42 Å². The zero-order valence-electron chi connectivity index (χ0n) is 12.7. The molecule has 0 aromatic carbocycles. The van der Waals surface area contributed by atoms with Gasteiger partial charge in [0.2, 0.25) is 0 Å². The summed E-state index contributed by atoms with van der Waals surface area (Å²) in [6.45, 7) is 4.70. The smallest absolute Gasteiger partial charge is 0.306 e. The number of carbonyl (C=O) groups excluding carboxylic acids is 1. The quantitative estimate of drug-likeness (QED) is 0.492. The first-order valence-electron chi connectivity index (χ1n) is 8.42. The van der Waals surface area contributed by atoms with Crippen LogP contribution in [0.4, 0.5) is 0 Å². The molecule has 0 N–H and O–H groups in total. The second-order valence-electron chi connectivity index (χ2n) is 6.61. The van der Waals surface area contributed by atoms with E-state index in [9.17, 15) is 4.79 Å². The molecule has 0 radical (unpaired) electrons. The fourth-order valence-corrected chi connectivity index (χ4v) is 4.09. The van der Waals surface area contributed by atoms with Crippen molar-refractivity contribution < 1.29 is 9.53 Å². The Kier molecular flexibility index (Phi) is 5.72. The number of hydrogen-bond acceptors (Lipinski definition) is 2. The largest absolute Gasteiger partial charge is 0.462 e. The molecule has 2 nitrogen and oxygen atoms in total. The van der Waals surface area contributed by atoms with Crippen LogP contribution in [-0.4, -0.2) is 12.1 Å². The van der Waals surface area contributed by atoms with E-state index in [0.29, 0.717) is 6.42 Å². The van der Waals surface area contributed by atoms with E-state index in [1.165, 1.54) is 44.9 Å². The zero-order chi connectivity index (χ0) is 13.7. The van der Waals surface area contributed by atoms with Gasteiger partial charge < -0.3 is 4.74 Å². The van der Waals surface area contributed by atoms with E-state index in [-0.39, 0.29) is 12.1 Å². The van der Waals surface area contributed by atoms with Gasteiger partial charge in [0.1, 0.15) is 6.10 Å². The number of hydrogen-bond donors (Lipinski definition) is 0. The molecule has 0 aromatic rings. The fraction of sp³-hybridized carbons (Fsp3) is 0.941. The highest BCUT2D eigenvalue weighted by atomic mass is 16.5. The highest BCUT2D eigenvalue weighted by Crippen LogP contribution is 2.42. The molecule has 2 heteroatoms. The van der Waals surface area contributed by atoms with Gasteiger partial charge >= 0.3 is 5.97 Å². The molecule has 1 aliphatic carbocycles. The van der Waals surface area contributed by atoms with Gasteiger partial charge in [0.15, 0.2) is 0 Å². The van der Waals surface area contributed by atoms with Crippen molar-refractivity contribution in [3.8, 4) is 0 Å². The van der Waals surface area contributed by atoms with Gasteiger partial charge in [-0.2, -0.15) is 0 Å². The van der Waals surface area contributed by atoms with Crippen LogP contribution in [0.3, 0.4) is 0 Å². The molecule has 4 atom stereocenters. The molecular formula is C17H30O2. The molecule has 1 saturated heterocycles. The van der Waals surface area contributed by atoms with Crippen molar-refractivity contribution in [3.05, 3.63) is 0 Å². The van der Waals surface area contributed by atoms with Crippen LogP contribution in [-0.2, 0) is 9.53 Å². The maximum absolute atomic E-state index is 11.0. The molecule has 1 aliphatic heterocycles. The predicted molar refractivity (Wildman–Crippen MR) is 77.9 cm³/mol. The zero-order valence-corrected chi connectivity index (χ0v) is 12.7. The number of unbranched alkanes of at least 4 members (excludes halogenated alkanes) is 1. The van der Waals surface area contributed by atoms with E-state index in [0.717, 1.165) is 30.6 Å². The molecule has 2 aliphatic rings. The highest BCUT2D eigenvalue weighted by Gasteiger charge is 2.31. The Hall–Kier alpha value is -0.530. The van der Waals surface area contributed by atoms with Crippen LogP contribution in [0.15, 0.2) is 0 Å². The topological polar surface area (TPSA) is 26.3 Å². The van der Waals surface area contributed by atoms with Crippen LogP contribution in [0.1, 0.15) is 78.1 Å². The van der Waals surface area contributed by atoms with E-state index in [1.54, 1.807) is 0 Å². The van der Waals surface area contributed by atoms with Gasteiger partial charge in [0.25, 0.3) is 0 Å². The highest BCUT2D eigenvalue weighted by molar-refractivity contribution is 5.71. The lowest BCUT2D eigenvalue weighted by Crippen LogP contribution is -2.09. The maximum atomic E-state index is 11.0. The van der Waals surface area contributed by atoms with Gasteiger partial charge in [-0.3, -0.25) is 4.79 Å². The minimum Gasteiger partial charge on any atom is -0.462 e. The van der Waals surface area contributed by atoms with Crippen molar-refractivity contribution in [2.75, 3.05) is 0 Å². The molecule has 0 amide bonds. The lowest BCUT2D eigenvalue weighted by molar-refractivity contribution is -0.141. The van der Waals surface area contributed by atoms with Crippen LogP contribution < -0.4 is 0 Å². The summed E-state index contributed by atoms with van der Waals surface area (Å²) in [7, 11) is 0. The lowest BCUT2D eigenvalue weighted by Gasteiger charge is -2.18. The molecule has 2 rings (SSSR count). The number of esters is 1. The third-order valence-electron chi connectivity index (χ3n) is 5.36. The normalized spacial score (nSPS) is 34.7. The van der Waals surface area contributed by atoms with Gasteiger partial charge in [0.05, 0.1) is 0 Å². The van der Waals surface area contributed by atoms with E-state index in [2.05, 4.69) is 13.8 Å². The van der Waals surface area contributed by atoms with Gasteiger partial charge in [-0.1, -0.05) is 39.5 Å². The van der Waals surface area contributed by atoms with Crippen molar-refractivity contribution in [1.29, 1.82) is 0 Å². The molecule has 1 saturated carbocycles. The predicted octanol–water partition coefficient (Wildman–Crippen LogP) is 4.71. The van der Waals surface area contributed by atoms with Crippen molar-refractivity contribution in [3.63, 3.8) is 0 Å². The first-order valence-corrected chi connectivity index (χ1v) is 8.42. The van der Waals surface area contributed by atoms with Crippen molar-refractivity contribution in [1.82, 2.24) is 0 Å². The van der Waals surface area contributed by atoms with Crippen LogP contribution >= 0.6 is 0 Å². The third kappa shape index (κ3) is 4.22. The minimum atomic E-state index is 0.0117. The Morgan fingerprint density at radius 1 is 1.05 bits per heavy atom. The Bertz CT molecular complexity index is 287. The Morgan fingerprint density at radius 3 is 2.42 bits per heavy atom. The molecule has 19 heavy (non-hydrogen) atoms. The first-order chi connectivity index (χ1) is 9.22. The van der Waals surface area contributed by atoms with E-state index in [1.807, 2.05) is 0 Å². The standard InChI is InChI=1S/C17H30O2/c1-3-13-11-14(4-2)15(12-13)7-5-6-8-16-9-10-17(18)19-16/h13-16H,3-12H2,1-2H3. The molecule has 4 unspecified atom stereocenters. The summed E-state index contributed by atoms with van der Waals surface area (Å²) >= 11 is 0. The summed E-state index contributed by atoms with van der Waals surface area (Å²) in [5, 5.41) is 0. The summed E-state index contributed by atoms with van der Waals surface area (Å²) in [4.78, 5) is 11.0. The Labute approximate surface area is 118 Å². The average Bonchev–Trinajstić information content (AvgIpc) is 3.00. The summed E-state index contributed by atoms with van der Waals surface area (Å²) in [6.07, 6.45) is 12.6. The van der Waals surface area contributed by atoms with Crippen LogP contribution in [0.25, 0.3) is 0 Å². The van der Waals surface area contributed by atoms with Gasteiger partial charge in [-0.15, -0.1) is 0 Å². The number of carbonyl (C=O) groups is 1. The molecular weight excluding hydrogens is 236 g/mol. The number of rotatable bonds is 7. The minimum absolute atomic E-state index is 0.0117. The van der Waals surface area contributed by atoms with Crippen molar-refractivity contribution in [2.45, 2.75) is 84.2 Å². The fourth-order valence-electron chi connectivity index (χ4n) is 4.09. The van der Waals surface area contributed by atoms with Crippen LogP contribution in [0.5, 0.6) is 0 Å². The van der Waals surface area contributed by atoms with Crippen LogP contribution in [0, 0.1) is 17.8 Å². The summed E-state index contributed by atoms with van der Waals surface area (Å²) in [6, 6.07) is 0. The van der Waals surface area contributed by atoms with Crippen molar-refractivity contribution in [2.24, 2.45) is 17.8 Å².